The summed E-state index contributed by atoms with van der Waals surface area (Å²) in [6.45, 7) is 0.651. The van der Waals surface area contributed by atoms with Crippen LogP contribution in [0.15, 0.2) is 47.1 Å². The Labute approximate surface area is 154 Å². The van der Waals surface area contributed by atoms with Crippen molar-refractivity contribution in [3.63, 3.8) is 0 Å². The molecule has 134 valence electrons. The number of hydrogen-bond donors (Lipinski definition) is 0. The van der Waals surface area contributed by atoms with Crippen molar-refractivity contribution < 1.29 is 18.7 Å². The number of benzene rings is 1. The summed E-state index contributed by atoms with van der Waals surface area (Å²) in [5, 5.41) is 0.749. The molecule has 1 atom stereocenters. The highest BCUT2D eigenvalue weighted by molar-refractivity contribution is 7.18. The maximum absolute atomic E-state index is 12.6. The van der Waals surface area contributed by atoms with E-state index in [-0.39, 0.29) is 24.2 Å². The van der Waals surface area contributed by atoms with Crippen molar-refractivity contribution in [3.05, 3.63) is 53.4 Å². The first-order valence-electron chi connectivity index (χ1n) is 8.58. The monoisotopic (exact) mass is 370 g/mol. The Hall–Kier alpha value is -2.67. The number of esters is 1. The minimum absolute atomic E-state index is 0.122. The third-order valence-corrected chi connectivity index (χ3v) is 5.45. The number of aromatic nitrogens is 1. The van der Waals surface area contributed by atoms with Crippen molar-refractivity contribution in [2.75, 3.05) is 6.54 Å². The molecule has 3 aromatic rings. The van der Waals surface area contributed by atoms with Crippen molar-refractivity contribution >= 4 is 33.4 Å². The molecule has 2 aromatic heterocycles. The van der Waals surface area contributed by atoms with E-state index in [1.807, 2.05) is 24.3 Å². The van der Waals surface area contributed by atoms with Gasteiger partial charge in [-0.2, -0.15) is 0 Å². The number of hydrogen-bond acceptors (Lipinski definition) is 6. The van der Waals surface area contributed by atoms with E-state index < -0.39 is 6.04 Å². The number of piperidine rings is 1. The zero-order chi connectivity index (χ0) is 17.9. The predicted molar refractivity (Wildman–Crippen MR) is 96.8 cm³/mol. The van der Waals surface area contributed by atoms with Gasteiger partial charge in [0, 0.05) is 6.54 Å². The van der Waals surface area contributed by atoms with E-state index in [2.05, 4.69) is 4.98 Å². The summed E-state index contributed by atoms with van der Waals surface area (Å²) in [6.07, 6.45) is 3.82. The average Bonchev–Trinajstić information content (AvgIpc) is 3.35. The first kappa shape index (κ1) is 16.8. The maximum Gasteiger partial charge on any atom is 0.329 e. The van der Waals surface area contributed by atoms with Gasteiger partial charge in [0.25, 0.3) is 5.91 Å². The summed E-state index contributed by atoms with van der Waals surface area (Å²) >= 11 is 1.51. The Morgan fingerprint density at radius 1 is 1.23 bits per heavy atom. The van der Waals surface area contributed by atoms with E-state index in [9.17, 15) is 9.59 Å². The van der Waals surface area contributed by atoms with Crippen LogP contribution in [0.3, 0.4) is 0 Å². The normalized spacial score (nSPS) is 17.4. The highest BCUT2D eigenvalue weighted by Gasteiger charge is 2.34. The average molecular weight is 370 g/mol. The second kappa shape index (κ2) is 7.29. The molecule has 1 aromatic carbocycles. The summed E-state index contributed by atoms with van der Waals surface area (Å²) in [7, 11) is 0. The number of likely N-dealkylation sites (tertiary alicyclic amines) is 1. The molecule has 1 amide bonds. The lowest BCUT2D eigenvalue weighted by Gasteiger charge is -2.33. The molecular weight excluding hydrogens is 352 g/mol. The van der Waals surface area contributed by atoms with E-state index >= 15 is 0 Å². The molecule has 7 heteroatoms. The van der Waals surface area contributed by atoms with Gasteiger partial charge in [-0.25, -0.2) is 9.78 Å². The van der Waals surface area contributed by atoms with E-state index in [1.54, 1.807) is 17.0 Å². The van der Waals surface area contributed by atoms with Crippen LogP contribution in [0.4, 0.5) is 0 Å². The number of para-hydroxylation sites is 1. The Morgan fingerprint density at radius 3 is 2.92 bits per heavy atom. The molecule has 3 heterocycles. The van der Waals surface area contributed by atoms with Gasteiger partial charge < -0.3 is 14.1 Å². The molecule has 1 fully saturated rings. The molecule has 26 heavy (non-hydrogen) atoms. The lowest BCUT2D eigenvalue weighted by atomic mass is 10.0. The molecule has 1 aliphatic heterocycles. The van der Waals surface area contributed by atoms with Gasteiger partial charge in [0.1, 0.15) is 17.7 Å². The lowest BCUT2D eigenvalue weighted by Crippen LogP contribution is -2.48. The summed E-state index contributed by atoms with van der Waals surface area (Å²) in [5.41, 5.74) is 0.899. The number of fused-ring (bicyclic) bond motifs is 1. The number of nitrogens with zero attached hydrogens (tertiary/aromatic N) is 2. The Bertz CT molecular complexity index is 886. The highest BCUT2D eigenvalue weighted by Crippen LogP contribution is 2.24. The van der Waals surface area contributed by atoms with Crippen molar-refractivity contribution in [1.29, 1.82) is 0 Å². The number of amides is 1. The molecule has 0 radical (unpaired) electrons. The maximum atomic E-state index is 12.6. The van der Waals surface area contributed by atoms with E-state index in [4.69, 9.17) is 9.15 Å². The number of carbonyl (C=O) groups excluding carboxylic acids is 2. The highest BCUT2D eigenvalue weighted by atomic mass is 32.1. The molecule has 1 aliphatic rings. The third-order valence-electron chi connectivity index (χ3n) is 4.44. The fourth-order valence-electron chi connectivity index (χ4n) is 3.17. The molecule has 0 bridgehead atoms. The Kier molecular flexibility index (Phi) is 4.71. The molecular formula is C19H18N2O4S. The van der Waals surface area contributed by atoms with Gasteiger partial charge in [0.15, 0.2) is 5.76 Å². The van der Waals surface area contributed by atoms with Crippen LogP contribution in [0.2, 0.25) is 0 Å². The van der Waals surface area contributed by atoms with Crippen LogP contribution in [0.5, 0.6) is 0 Å². The van der Waals surface area contributed by atoms with E-state index in [0.717, 1.165) is 28.1 Å². The summed E-state index contributed by atoms with van der Waals surface area (Å²) < 4.78 is 11.7. The smallest absolute Gasteiger partial charge is 0.329 e. The van der Waals surface area contributed by atoms with Gasteiger partial charge in [0.05, 0.1) is 16.5 Å². The molecule has 0 saturated carbocycles. The second-order valence-electron chi connectivity index (χ2n) is 6.17. The summed E-state index contributed by atoms with van der Waals surface area (Å²) in [6, 6.07) is 10.5. The minimum Gasteiger partial charge on any atom is -0.459 e. The van der Waals surface area contributed by atoms with Crippen LogP contribution in [-0.4, -0.2) is 34.3 Å². The van der Waals surface area contributed by atoms with Crippen LogP contribution in [0, 0.1) is 0 Å². The quantitative estimate of drug-likeness (QED) is 0.656. The zero-order valence-electron chi connectivity index (χ0n) is 14.1. The van der Waals surface area contributed by atoms with E-state index in [1.165, 1.54) is 17.6 Å². The first-order valence-corrected chi connectivity index (χ1v) is 9.39. The van der Waals surface area contributed by atoms with Crippen molar-refractivity contribution in [2.45, 2.75) is 31.9 Å². The van der Waals surface area contributed by atoms with Crippen LogP contribution in [0.1, 0.15) is 34.8 Å². The molecule has 6 nitrogen and oxygen atoms in total. The number of furan rings is 1. The van der Waals surface area contributed by atoms with Gasteiger partial charge in [0.2, 0.25) is 0 Å². The predicted octanol–water partition coefficient (Wildman–Crippen LogP) is 3.63. The van der Waals surface area contributed by atoms with Crippen molar-refractivity contribution in [3.8, 4) is 0 Å². The van der Waals surface area contributed by atoms with Crippen LogP contribution < -0.4 is 0 Å². The number of ether oxygens (including phenoxy) is 1. The number of rotatable bonds is 4. The van der Waals surface area contributed by atoms with Crippen LogP contribution in [-0.2, 0) is 16.1 Å². The van der Waals surface area contributed by atoms with Gasteiger partial charge in [-0.15, -0.1) is 11.3 Å². The fourth-order valence-corrected chi connectivity index (χ4v) is 4.05. The Morgan fingerprint density at radius 2 is 2.12 bits per heavy atom. The van der Waals surface area contributed by atoms with Crippen molar-refractivity contribution in [1.82, 2.24) is 9.88 Å². The van der Waals surface area contributed by atoms with Gasteiger partial charge >= 0.3 is 5.97 Å². The second-order valence-corrected chi connectivity index (χ2v) is 7.29. The zero-order valence-corrected chi connectivity index (χ0v) is 14.9. The molecule has 0 aliphatic carbocycles. The van der Waals surface area contributed by atoms with Gasteiger partial charge in [-0.05, 0) is 43.5 Å². The minimum atomic E-state index is -0.573. The van der Waals surface area contributed by atoms with E-state index in [0.29, 0.717) is 13.0 Å². The molecule has 4 rings (SSSR count). The van der Waals surface area contributed by atoms with Crippen molar-refractivity contribution in [2.24, 2.45) is 0 Å². The number of carbonyl (C=O) groups is 2. The third kappa shape index (κ3) is 3.35. The largest absolute Gasteiger partial charge is 0.459 e. The fraction of sp³-hybridized carbons (Fsp3) is 0.316. The molecule has 1 saturated heterocycles. The molecule has 0 N–H and O–H groups in total. The SMILES string of the molecule is O=C(OCc1nc2ccccc2s1)C1CCCCN1C(=O)c1ccco1. The summed E-state index contributed by atoms with van der Waals surface area (Å²) in [5.74, 6) is -0.406. The topological polar surface area (TPSA) is 72.6 Å². The first-order chi connectivity index (χ1) is 12.7. The van der Waals surface area contributed by atoms with Gasteiger partial charge in [-0.1, -0.05) is 12.1 Å². The standard InChI is InChI=1S/C19H18N2O4S/c22-18(15-8-5-11-24-15)21-10-4-3-7-14(21)19(23)25-12-17-20-13-6-1-2-9-16(13)26-17/h1-2,5-6,8-9,11,14H,3-4,7,10,12H2. The molecule has 1 unspecified atom stereocenters. The number of thiazole rings is 1. The summed E-state index contributed by atoms with van der Waals surface area (Å²) in [4.78, 5) is 31.2. The van der Waals surface area contributed by atoms with Crippen LogP contribution in [0.25, 0.3) is 10.2 Å². The molecule has 0 spiro atoms. The van der Waals surface area contributed by atoms with Gasteiger partial charge in [-0.3, -0.25) is 4.79 Å². The lowest BCUT2D eigenvalue weighted by molar-refractivity contribution is -0.151. The van der Waals surface area contributed by atoms with Crippen LogP contribution >= 0.6 is 11.3 Å². The Balaban J connectivity index is 1.44.